The number of rotatable bonds is 2. The predicted molar refractivity (Wildman–Crippen MR) is 60.0 cm³/mol. The van der Waals surface area contributed by atoms with Crippen molar-refractivity contribution in [3.63, 3.8) is 0 Å². The normalized spacial score (nSPS) is 24.4. The molecule has 1 fully saturated rings. The fourth-order valence-electron chi connectivity index (χ4n) is 1.49. The van der Waals surface area contributed by atoms with E-state index < -0.39 is 0 Å². The van der Waals surface area contributed by atoms with Gasteiger partial charge in [-0.1, -0.05) is 28.9 Å². The van der Waals surface area contributed by atoms with E-state index in [2.05, 4.69) is 28.2 Å². The molecule has 1 N–H and O–H groups in total. The van der Waals surface area contributed by atoms with Gasteiger partial charge in [-0.3, -0.25) is 4.79 Å². The molecule has 0 spiro atoms. The Morgan fingerprint density at radius 2 is 2.29 bits per heavy atom. The smallest absolute Gasteiger partial charge is 0.227 e. The molecule has 74 valence electrons. The maximum Gasteiger partial charge on any atom is 0.227 e. The highest BCUT2D eigenvalue weighted by Gasteiger charge is 2.38. The van der Waals surface area contributed by atoms with Gasteiger partial charge in [0.1, 0.15) is 0 Å². The van der Waals surface area contributed by atoms with E-state index in [4.69, 9.17) is 0 Å². The van der Waals surface area contributed by atoms with Crippen LogP contribution in [0.5, 0.6) is 0 Å². The van der Waals surface area contributed by atoms with E-state index in [9.17, 15) is 4.79 Å². The van der Waals surface area contributed by atoms with Crippen molar-refractivity contribution >= 4 is 27.5 Å². The molecule has 0 aromatic heterocycles. The van der Waals surface area contributed by atoms with Crippen molar-refractivity contribution in [3.8, 4) is 0 Å². The van der Waals surface area contributed by atoms with Gasteiger partial charge in [0.2, 0.25) is 5.91 Å². The van der Waals surface area contributed by atoms with Gasteiger partial charge < -0.3 is 5.32 Å². The van der Waals surface area contributed by atoms with Crippen molar-refractivity contribution in [2.75, 3.05) is 5.32 Å². The van der Waals surface area contributed by atoms with Gasteiger partial charge in [0.25, 0.3) is 0 Å². The Labute approximate surface area is 91.8 Å². The Morgan fingerprint density at radius 3 is 2.86 bits per heavy atom. The lowest BCUT2D eigenvalue weighted by Crippen LogP contribution is -2.14. The number of carbonyl (C=O) groups excluding carboxylic acids is 1. The van der Waals surface area contributed by atoms with Crippen LogP contribution in [0.2, 0.25) is 0 Å². The number of carbonyl (C=O) groups is 1. The Hall–Kier alpha value is -0.830. The third kappa shape index (κ3) is 2.15. The third-order valence-electron chi connectivity index (χ3n) is 2.54. The van der Waals surface area contributed by atoms with E-state index in [1.54, 1.807) is 0 Å². The summed E-state index contributed by atoms with van der Waals surface area (Å²) in [6.45, 7) is 2.10. The van der Waals surface area contributed by atoms with Crippen molar-refractivity contribution < 1.29 is 4.79 Å². The summed E-state index contributed by atoms with van der Waals surface area (Å²) in [7, 11) is 0. The van der Waals surface area contributed by atoms with Gasteiger partial charge in [0, 0.05) is 16.1 Å². The fraction of sp³-hybridized carbons (Fsp3) is 0.364. The summed E-state index contributed by atoms with van der Waals surface area (Å²) in [6, 6.07) is 7.66. The van der Waals surface area contributed by atoms with Gasteiger partial charge in [-0.15, -0.1) is 0 Å². The topological polar surface area (TPSA) is 29.1 Å². The summed E-state index contributed by atoms with van der Waals surface area (Å²) >= 11 is 3.37. The maximum atomic E-state index is 11.6. The van der Waals surface area contributed by atoms with E-state index in [-0.39, 0.29) is 11.8 Å². The van der Waals surface area contributed by atoms with Crippen LogP contribution >= 0.6 is 15.9 Å². The quantitative estimate of drug-likeness (QED) is 0.863. The summed E-state index contributed by atoms with van der Waals surface area (Å²) in [5.41, 5.74) is 0.864. The monoisotopic (exact) mass is 253 g/mol. The van der Waals surface area contributed by atoms with Crippen molar-refractivity contribution in [2.45, 2.75) is 13.3 Å². The van der Waals surface area contributed by atoms with Crippen molar-refractivity contribution in [2.24, 2.45) is 11.8 Å². The third-order valence-corrected chi connectivity index (χ3v) is 3.03. The zero-order chi connectivity index (χ0) is 10.1. The minimum atomic E-state index is 0.149. The molecule has 0 radical (unpaired) electrons. The molecule has 1 aliphatic carbocycles. The summed E-state index contributed by atoms with van der Waals surface area (Å²) in [5.74, 6) is 0.937. The Balaban J connectivity index is 2.00. The van der Waals surface area contributed by atoms with Gasteiger partial charge in [-0.25, -0.2) is 0 Å². The van der Waals surface area contributed by atoms with Gasteiger partial charge >= 0.3 is 0 Å². The Kier molecular flexibility index (Phi) is 2.59. The molecule has 2 nitrogen and oxygen atoms in total. The molecule has 1 aromatic carbocycles. The molecular weight excluding hydrogens is 242 g/mol. The molecule has 1 aliphatic rings. The first-order chi connectivity index (χ1) is 6.66. The Morgan fingerprint density at radius 1 is 1.57 bits per heavy atom. The number of anilines is 1. The lowest BCUT2D eigenvalue weighted by Gasteiger charge is -2.04. The van der Waals surface area contributed by atoms with Crippen LogP contribution in [0, 0.1) is 11.8 Å². The number of hydrogen-bond acceptors (Lipinski definition) is 1. The fourth-order valence-corrected chi connectivity index (χ4v) is 1.89. The Bertz CT molecular complexity index is 364. The zero-order valence-electron chi connectivity index (χ0n) is 7.96. The summed E-state index contributed by atoms with van der Waals surface area (Å²) in [4.78, 5) is 11.6. The number of hydrogen-bond donors (Lipinski definition) is 1. The molecule has 1 aromatic rings. The molecule has 1 saturated carbocycles. The second-order valence-corrected chi connectivity index (χ2v) is 4.73. The standard InChI is InChI=1S/C11H12BrNO/c1-7-5-10(7)11(14)13-9-4-2-3-8(12)6-9/h2-4,6-7,10H,5H2,1H3,(H,13,14)/t7-,10+/m1/s1. The average molecular weight is 254 g/mol. The highest BCUT2D eigenvalue weighted by molar-refractivity contribution is 9.10. The first kappa shape index (κ1) is 9.71. The molecule has 2 rings (SSSR count). The number of nitrogens with one attached hydrogen (secondary N) is 1. The highest BCUT2D eigenvalue weighted by Crippen LogP contribution is 2.38. The van der Waals surface area contributed by atoms with Gasteiger partial charge in [-0.05, 0) is 30.5 Å². The van der Waals surface area contributed by atoms with E-state index in [0.29, 0.717) is 5.92 Å². The SMILES string of the molecule is C[C@@H]1C[C@@H]1C(=O)Nc1cccc(Br)c1. The first-order valence-electron chi connectivity index (χ1n) is 4.73. The molecular formula is C11H12BrNO. The second-order valence-electron chi connectivity index (χ2n) is 3.82. The zero-order valence-corrected chi connectivity index (χ0v) is 9.54. The molecule has 1 amide bonds. The molecule has 14 heavy (non-hydrogen) atoms. The first-order valence-corrected chi connectivity index (χ1v) is 5.52. The van der Waals surface area contributed by atoms with Crippen LogP contribution in [0.15, 0.2) is 28.7 Å². The van der Waals surface area contributed by atoms with Crippen molar-refractivity contribution in [1.29, 1.82) is 0 Å². The lowest BCUT2D eigenvalue weighted by atomic mass is 10.3. The molecule has 0 heterocycles. The van der Waals surface area contributed by atoms with Gasteiger partial charge in [0.05, 0.1) is 0 Å². The average Bonchev–Trinajstić information content (AvgIpc) is 2.82. The maximum absolute atomic E-state index is 11.6. The van der Waals surface area contributed by atoms with Crippen LogP contribution in [0.4, 0.5) is 5.69 Å². The number of benzene rings is 1. The highest BCUT2D eigenvalue weighted by atomic mass is 79.9. The summed E-state index contributed by atoms with van der Waals surface area (Å²) < 4.78 is 0.985. The largest absolute Gasteiger partial charge is 0.326 e. The van der Waals surface area contributed by atoms with Crippen molar-refractivity contribution in [1.82, 2.24) is 0 Å². The van der Waals surface area contributed by atoms with Crippen LogP contribution in [0.1, 0.15) is 13.3 Å². The molecule has 0 saturated heterocycles. The number of amides is 1. The van der Waals surface area contributed by atoms with E-state index in [1.165, 1.54) is 0 Å². The van der Waals surface area contributed by atoms with Crippen LogP contribution in [0.25, 0.3) is 0 Å². The van der Waals surface area contributed by atoms with Crippen LogP contribution in [-0.4, -0.2) is 5.91 Å². The summed E-state index contributed by atoms with van der Waals surface area (Å²) in [6.07, 6.45) is 1.03. The van der Waals surface area contributed by atoms with E-state index in [0.717, 1.165) is 16.6 Å². The molecule has 0 aliphatic heterocycles. The molecule has 3 heteroatoms. The number of halogens is 1. The minimum absolute atomic E-state index is 0.149. The molecule has 2 atom stereocenters. The van der Waals surface area contributed by atoms with E-state index >= 15 is 0 Å². The van der Waals surface area contributed by atoms with Gasteiger partial charge in [0.15, 0.2) is 0 Å². The second kappa shape index (κ2) is 3.73. The van der Waals surface area contributed by atoms with Gasteiger partial charge in [-0.2, -0.15) is 0 Å². The summed E-state index contributed by atoms with van der Waals surface area (Å²) in [5, 5.41) is 2.91. The van der Waals surface area contributed by atoms with Crippen molar-refractivity contribution in [3.05, 3.63) is 28.7 Å². The minimum Gasteiger partial charge on any atom is -0.326 e. The van der Waals surface area contributed by atoms with Crippen LogP contribution in [-0.2, 0) is 4.79 Å². The predicted octanol–water partition coefficient (Wildman–Crippen LogP) is 3.04. The van der Waals surface area contributed by atoms with E-state index in [1.807, 2.05) is 24.3 Å². The lowest BCUT2D eigenvalue weighted by molar-refractivity contribution is -0.117. The van der Waals surface area contributed by atoms with Crippen LogP contribution in [0.3, 0.4) is 0 Å². The molecule has 0 unspecified atom stereocenters. The van der Waals surface area contributed by atoms with Crippen LogP contribution < -0.4 is 5.32 Å². The molecule has 0 bridgehead atoms.